The Morgan fingerprint density at radius 1 is 1.04 bits per heavy atom. The number of nitrogens with zero attached hydrogens (tertiary/aromatic N) is 1. The van der Waals surface area contributed by atoms with Crippen molar-refractivity contribution in [3.63, 3.8) is 0 Å². The van der Waals surface area contributed by atoms with E-state index in [4.69, 9.17) is 4.74 Å². The Kier molecular flexibility index (Phi) is 7.11. The number of hydrogen-bond donors (Lipinski definition) is 2. The Bertz CT molecular complexity index is 833. The minimum atomic E-state index is 0.0972. The van der Waals surface area contributed by atoms with Gasteiger partial charge in [-0.1, -0.05) is 24.3 Å². The summed E-state index contributed by atoms with van der Waals surface area (Å²) in [6.07, 6.45) is 5.27. The summed E-state index contributed by atoms with van der Waals surface area (Å²) < 4.78 is 5.65. The lowest BCUT2D eigenvalue weighted by Gasteiger charge is -2.17. The van der Waals surface area contributed by atoms with Crippen LogP contribution in [0.1, 0.15) is 24.8 Å². The molecule has 0 atom stereocenters. The van der Waals surface area contributed by atoms with Crippen LogP contribution in [-0.2, 0) is 11.2 Å². The molecule has 1 amide bonds. The second kappa shape index (κ2) is 9.97. The molecule has 1 aromatic heterocycles. The van der Waals surface area contributed by atoms with Crippen molar-refractivity contribution >= 4 is 35.1 Å². The molecule has 0 bridgehead atoms. The van der Waals surface area contributed by atoms with Crippen LogP contribution in [0.15, 0.2) is 60.8 Å². The van der Waals surface area contributed by atoms with E-state index in [1.54, 1.807) is 0 Å². The first-order valence-electron chi connectivity index (χ1n) is 9.22. The Morgan fingerprint density at radius 2 is 1.89 bits per heavy atom. The summed E-state index contributed by atoms with van der Waals surface area (Å²) in [6, 6.07) is 17.9. The number of pyridine rings is 1. The number of aryl methyl sites for hydroxylation is 1. The molecular weight excluding hydrogens is 356 g/mol. The molecule has 0 unspecified atom stereocenters. The van der Waals surface area contributed by atoms with Gasteiger partial charge in [0.05, 0.1) is 12.1 Å². The third-order valence-corrected chi connectivity index (χ3v) is 4.62. The van der Waals surface area contributed by atoms with Gasteiger partial charge in [0.25, 0.3) is 0 Å². The van der Waals surface area contributed by atoms with Gasteiger partial charge in [-0.25, -0.2) is 0 Å². The first kappa shape index (κ1) is 19.2. The lowest BCUT2D eigenvalue weighted by atomic mass is 10.0. The molecule has 0 fully saturated rings. The van der Waals surface area contributed by atoms with Crippen LogP contribution < -0.4 is 10.1 Å². The van der Waals surface area contributed by atoms with Crippen molar-refractivity contribution in [2.45, 2.75) is 25.7 Å². The predicted octanol–water partition coefficient (Wildman–Crippen LogP) is 4.89. The molecule has 1 N–H and O–H groups in total. The average molecular weight is 381 g/mol. The topological polar surface area (TPSA) is 51.2 Å². The van der Waals surface area contributed by atoms with Crippen LogP contribution in [0.3, 0.4) is 0 Å². The van der Waals surface area contributed by atoms with Crippen LogP contribution in [0.4, 0.5) is 5.69 Å². The molecule has 2 aromatic carbocycles. The van der Waals surface area contributed by atoms with Crippen LogP contribution in [0.25, 0.3) is 10.9 Å². The maximum atomic E-state index is 11.2. The van der Waals surface area contributed by atoms with Crippen LogP contribution in [0.2, 0.25) is 0 Å². The van der Waals surface area contributed by atoms with Crippen molar-refractivity contribution in [1.82, 2.24) is 4.98 Å². The summed E-state index contributed by atoms with van der Waals surface area (Å²) in [5.41, 5.74) is 3.14. The van der Waals surface area contributed by atoms with Crippen molar-refractivity contribution < 1.29 is 9.53 Å². The summed E-state index contributed by atoms with van der Waals surface area (Å²) >= 11 is 4.16. The van der Waals surface area contributed by atoms with Crippen LogP contribution in [0.5, 0.6) is 5.75 Å². The number of rotatable bonds is 5. The number of anilines is 1. The lowest BCUT2D eigenvalue weighted by Crippen LogP contribution is -2.18. The van der Waals surface area contributed by atoms with E-state index < -0.39 is 0 Å². The van der Waals surface area contributed by atoms with E-state index in [-0.39, 0.29) is 5.91 Å². The van der Waals surface area contributed by atoms with Crippen molar-refractivity contribution in [3.8, 4) is 5.75 Å². The molecule has 2 heterocycles. The quantitative estimate of drug-likeness (QED) is 0.489. The molecule has 0 saturated carbocycles. The highest BCUT2D eigenvalue weighted by molar-refractivity contribution is 7.80. The number of nitrogens with one attached hydrogen (secondary N) is 1. The highest BCUT2D eigenvalue weighted by Crippen LogP contribution is 2.26. The van der Waals surface area contributed by atoms with Gasteiger partial charge in [-0.05, 0) is 60.9 Å². The molecule has 0 radical (unpaired) electrons. The van der Waals surface area contributed by atoms with Gasteiger partial charge >= 0.3 is 0 Å². The van der Waals surface area contributed by atoms with E-state index in [1.165, 1.54) is 5.39 Å². The Labute approximate surface area is 165 Å². The van der Waals surface area contributed by atoms with E-state index in [9.17, 15) is 4.79 Å². The molecule has 0 aliphatic carbocycles. The number of carbonyl (C=O) groups is 1. The molecule has 1 aliphatic rings. The van der Waals surface area contributed by atoms with E-state index in [0.717, 1.165) is 54.1 Å². The number of fused-ring (bicyclic) bond motifs is 2. The monoisotopic (exact) mass is 380 g/mol. The van der Waals surface area contributed by atoms with E-state index >= 15 is 0 Å². The SMILES string of the molecule is O=C1CCc2cc(OCCCCS)ccc2N1.c1ccc2ncccc2c1. The molecule has 5 heteroatoms. The zero-order valence-corrected chi connectivity index (χ0v) is 16.1. The van der Waals surface area contributed by atoms with Crippen molar-refractivity contribution in [3.05, 3.63) is 66.4 Å². The number of ether oxygens (including phenoxy) is 1. The molecule has 0 spiro atoms. The van der Waals surface area contributed by atoms with Crippen molar-refractivity contribution in [2.75, 3.05) is 17.7 Å². The number of benzene rings is 2. The molecule has 140 valence electrons. The summed E-state index contributed by atoms with van der Waals surface area (Å²) in [5.74, 6) is 1.89. The molecule has 1 aliphatic heterocycles. The lowest BCUT2D eigenvalue weighted by molar-refractivity contribution is -0.116. The van der Waals surface area contributed by atoms with Gasteiger partial charge in [-0.2, -0.15) is 12.6 Å². The maximum absolute atomic E-state index is 11.2. The van der Waals surface area contributed by atoms with Crippen LogP contribution in [-0.4, -0.2) is 23.3 Å². The fraction of sp³-hybridized carbons (Fsp3) is 0.273. The van der Waals surface area contributed by atoms with E-state index in [0.29, 0.717) is 6.42 Å². The number of amides is 1. The van der Waals surface area contributed by atoms with Crippen LogP contribution >= 0.6 is 12.6 Å². The Hall–Kier alpha value is -2.53. The number of hydrogen-bond acceptors (Lipinski definition) is 4. The second-order valence-electron chi connectivity index (χ2n) is 6.34. The van der Waals surface area contributed by atoms with Gasteiger partial charge in [0, 0.05) is 23.7 Å². The summed E-state index contributed by atoms with van der Waals surface area (Å²) in [6.45, 7) is 0.728. The minimum Gasteiger partial charge on any atom is -0.494 e. The largest absolute Gasteiger partial charge is 0.494 e. The van der Waals surface area contributed by atoms with Gasteiger partial charge in [-0.15, -0.1) is 0 Å². The van der Waals surface area contributed by atoms with Gasteiger partial charge in [0.1, 0.15) is 5.75 Å². The van der Waals surface area contributed by atoms with E-state index in [1.807, 2.05) is 48.7 Å². The van der Waals surface area contributed by atoms with Crippen LogP contribution in [0, 0.1) is 0 Å². The summed E-state index contributed by atoms with van der Waals surface area (Å²) in [7, 11) is 0. The first-order valence-corrected chi connectivity index (χ1v) is 9.86. The number of unbranched alkanes of at least 4 members (excludes halogenated alkanes) is 1. The zero-order valence-electron chi connectivity index (χ0n) is 15.2. The third kappa shape index (κ3) is 5.73. The standard InChI is InChI=1S/C13H17NO2S.C9H7N/c15-13-6-3-10-9-11(4-5-12(10)14-13)16-7-1-2-8-17;1-2-6-9-8(4-1)5-3-7-10-9/h4-5,9,17H,1-3,6-8H2,(H,14,15);1-7H. The second-order valence-corrected chi connectivity index (χ2v) is 6.79. The van der Waals surface area contributed by atoms with Crippen molar-refractivity contribution in [2.24, 2.45) is 0 Å². The highest BCUT2D eigenvalue weighted by Gasteiger charge is 2.14. The van der Waals surface area contributed by atoms with Gasteiger partial charge < -0.3 is 10.1 Å². The highest BCUT2D eigenvalue weighted by atomic mass is 32.1. The number of thiol groups is 1. The smallest absolute Gasteiger partial charge is 0.224 e. The molecular formula is C22H24N2O2S. The zero-order chi connectivity index (χ0) is 18.9. The van der Waals surface area contributed by atoms with Gasteiger partial charge in [-0.3, -0.25) is 9.78 Å². The first-order chi connectivity index (χ1) is 13.3. The summed E-state index contributed by atoms with van der Waals surface area (Å²) in [4.78, 5) is 15.4. The Balaban J connectivity index is 0.000000177. The number of para-hydroxylation sites is 1. The fourth-order valence-corrected chi connectivity index (χ4v) is 3.09. The molecule has 3 aromatic rings. The number of aromatic nitrogens is 1. The molecule has 0 saturated heterocycles. The maximum Gasteiger partial charge on any atom is 0.224 e. The normalized spacial score (nSPS) is 12.6. The Morgan fingerprint density at radius 3 is 2.74 bits per heavy atom. The minimum absolute atomic E-state index is 0.0972. The molecule has 27 heavy (non-hydrogen) atoms. The summed E-state index contributed by atoms with van der Waals surface area (Å²) in [5, 5.41) is 4.06. The van der Waals surface area contributed by atoms with E-state index in [2.05, 4.69) is 35.1 Å². The van der Waals surface area contributed by atoms with Crippen molar-refractivity contribution in [1.29, 1.82) is 0 Å². The fourth-order valence-electron chi connectivity index (χ4n) is 2.87. The average Bonchev–Trinajstić information content (AvgIpc) is 2.72. The molecule has 4 nitrogen and oxygen atoms in total. The number of carbonyl (C=O) groups excluding carboxylic acids is 1. The van der Waals surface area contributed by atoms with Gasteiger partial charge in [0.15, 0.2) is 0 Å². The van der Waals surface area contributed by atoms with Gasteiger partial charge in [0.2, 0.25) is 5.91 Å². The predicted molar refractivity (Wildman–Crippen MR) is 114 cm³/mol. The molecule has 4 rings (SSSR count). The third-order valence-electron chi connectivity index (χ3n) is 4.31.